The van der Waals surface area contributed by atoms with Crippen molar-refractivity contribution in [1.29, 1.82) is 0 Å². The fraction of sp³-hybridized carbons (Fsp3) is 0.692. The number of rotatable bonds is 4. The third kappa shape index (κ3) is 2.61. The summed E-state index contributed by atoms with van der Waals surface area (Å²) in [4.78, 5) is 1.65. The van der Waals surface area contributed by atoms with Gasteiger partial charge in [0.05, 0.1) is 0 Å². The van der Waals surface area contributed by atoms with Gasteiger partial charge in [-0.05, 0) is 55.5 Å². The van der Waals surface area contributed by atoms with Crippen LogP contribution < -0.4 is 5.32 Å². The highest BCUT2D eigenvalue weighted by atomic mass is 32.1. The molecule has 1 N–H and O–H groups in total. The maximum Gasteiger partial charge on any atom is 0.0219 e. The van der Waals surface area contributed by atoms with Crippen LogP contribution >= 0.6 is 11.3 Å². The summed E-state index contributed by atoms with van der Waals surface area (Å²) in [6.07, 6.45) is 6.64. The number of hydrogen-bond acceptors (Lipinski definition) is 2. The van der Waals surface area contributed by atoms with Crippen LogP contribution in [0, 0.1) is 0 Å². The second-order valence-electron chi connectivity index (χ2n) is 4.56. The van der Waals surface area contributed by atoms with E-state index < -0.39 is 0 Å². The summed E-state index contributed by atoms with van der Waals surface area (Å²) >= 11 is 1.97. The average Bonchev–Trinajstić information content (AvgIpc) is 2.69. The summed E-state index contributed by atoms with van der Waals surface area (Å²) in [5, 5.41) is 5.96. The van der Waals surface area contributed by atoms with Gasteiger partial charge in [0, 0.05) is 17.5 Å². The third-order valence-electron chi connectivity index (χ3n) is 3.40. The first-order chi connectivity index (χ1) is 7.31. The number of fused-ring (bicyclic) bond motifs is 1. The quantitative estimate of drug-likeness (QED) is 0.823. The van der Waals surface area contributed by atoms with Gasteiger partial charge >= 0.3 is 0 Å². The molecule has 15 heavy (non-hydrogen) atoms. The van der Waals surface area contributed by atoms with Crippen molar-refractivity contribution in [3.05, 3.63) is 21.4 Å². The van der Waals surface area contributed by atoms with Crippen LogP contribution in [0.4, 0.5) is 0 Å². The number of aryl methyl sites for hydroxylation is 1. The molecule has 1 heterocycles. The summed E-state index contributed by atoms with van der Waals surface area (Å²) in [5.74, 6) is 0. The number of nitrogens with one attached hydrogen (secondary N) is 1. The van der Waals surface area contributed by atoms with Crippen LogP contribution in [0.2, 0.25) is 0 Å². The van der Waals surface area contributed by atoms with E-state index in [2.05, 4.69) is 24.5 Å². The lowest BCUT2D eigenvalue weighted by Gasteiger charge is -2.15. The van der Waals surface area contributed by atoms with Crippen molar-refractivity contribution in [3.63, 3.8) is 0 Å². The van der Waals surface area contributed by atoms with Gasteiger partial charge in [-0.25, -0.2) is 0 Å². The molecule has 0 saturated carbocycles. The zero-order valence-corrected chi connectivity index (χ0v) is 10.6. The molecule has 1 nitrogen and oxygen atoms in total. The zero-order valence-electron chi connectivity index (χ0n) is 9.81. The minimum atomic E-state index is 0.643. The zero-order chi connectivity index (χ0) is 10.7. The van der Waals surface area contributed by atoms with Crippen molar-refractivity contribution in [3.8, 4) is 0 Å². The standard InChI is InChI=1S/C13H21NS/c1-3-10(2)14-8-11-9-15-13-7-5-4-6-12(11)13/h9-10,14H,3-8H2,1-2H3. The monoisotopic (exact) mass is 223 g/mol. The lowest BCUT2D eigenvalue weighted by atomic mass is 9.96. The molecule has 1 unspecified atom stereocenters. The van der Waals surface area contributed by atoms with Gasteiger partial charge in [0.1, 0.15) is 0 Å². The molecule has 0 aromatic carbocycles. The molecule has 1 aliphatic rings. The van der Waals surface area contributed by atoms with Crippen molar-refractivity contribution in [2.24, 2.45) is 0 Å². The van der Waals surface area contributed by atoms with Gasteiger partial charge in [0.2, 0.25) is 0 Å². The van der Waals surface area contributed by atoms with E-state index in [1.807, 2.05) is 11.3 Å². The Labute approximate surface area is 96.9 Å². The first-order valence-corrected chi connectivity index (χ1v) is 7.00. The molecule has 0 amide bonds. The van der Waals surface area contributed by atoms with Crippen LogP contribution in [0.5, 0.6) is 0 Å². The highest BCUT2D eigenvalue weighted by Gasteiger charge is 2.15. The average molecular weight is 223 g/mol. The summed E-state index contributed by atoms with van der Waals surface area (Å²) in [6, 6.07) is 0.643. The maximum atomic E-state index is 3.59. The molecule has 0 saturated heterocycles. The fourth-order valence-electron chi connectivity index (χ4n) is 2.14. The van der Waals surface area contributed by atoms with Crippen LogP contribution in [0.1, 0.15) is 49.1 Å². The molecule has 0 fully saturated rings. The minimum absolute atomic E-state index is 0.643. The Balaban J connectivity index is 1.99. The lowest BCUT2D eigenvalue weighted by Crippen LogP contribution is -2.24. The van der Waals surface area contributed by atoms with Crippen molar-refractivity contribution < 1.29 is 0 Å². The predicted molar refractivity (Wildman–Crippen MR) is 67.6 cm³/mol. The van der Waals surface area contributed by atoms with Gasteiger partial charge in [-0.1, -0.05) is 6.92 Å². The smallest absolute Gasteiger partial charge is 0.0219 e. The molecule has 0 spiro atoms. The molecular formula is C13H21NS. The molecule has 0 radical (unpaired) electrons. The van der Waals surface area contributed by atoms with E-state index in [9.17, 15) is 0 Å². The van der Waals surface area contributed by atoms with E-state index in [1.54, 1.807) is 16.0 Å². The van der Waals surface area contributed by atoms with Gasteiger partial charge < -0.3 is 5.32 Å². The topological polar surface area (TPSA) is 12.0 Å². The summed E-state index contributed by atoms with van der Waals surface area (Å²) in [6.45, 7) is 5.57. The van der Waals surface area contributed by atoms with Crippen LogP contribution in [0.15, 0.2) is 5.38 Å². The second kappa shape index (κ2) is 5.13. The highest BCUT2D eigenvalue weighted by Crippen LogP contribution is 2.30. The third-order valence-corrected chi connectivity index (χ3v) is 4.54. The van der Waals surface area contributed by atoms with Crippen molar-refractivity contribution in [1.82, 2.24) is 5.32 Å². The van der Waals surface area contributed by atoms with Gasteiger partial charge in [-0.2, -0.15) is 0 Å². The van der Waals surface area contributed by atoms with Gasteiger partial charge in [-0.15, -0.1) is 11.3 Å². The Morgan fingerprint density at radius 2 is 2.20 bits per heavy atom. The molecule has 2 heteroatoms. The molecular weight excluding hydrogens is 202 g/mol. The van der Waals surface area contributed by atoms with Crippen LogP contribution in [0.25, 0.3) is 0 Å². The largest absolute Gasteiger partial charge is 0.310 e. The van der Waals surface area contributed by atoms with Gasteiger partial charge in [0.15, 0.2) is 0 Å². The Kier molecular flexibility index (Phi) is 3.81. The minimum Gasteiger partial charge on any atom is -0.310 e. The first kappa shape index (κ1) is 11.2. The summed E-state index contributed by atoms with van der Waals surface area (Å²) in [5.41, 5.74) is 3.23. The molecule has 1 aliphatic carbocycles. The summed E-state index contributed by atoms with van der Waals surface area (Å²) < 4.78 is 0. The predicted octanol–water partition coefficient (Wildman–Crippen LogP) is 3.52. The molecule has 1 aromatic heterocycles. The molecule has 1 atom stereocenters. The Morgan fingerprint density at radius 3 is 3.00 bits per heavy atom. The Hall–Kier alpha value is -0.340. The van der Waals surface area contributed by atoms with Crippen LogP contribution in [-0.2, 0) is 19.4 Å². The molecule has 1 aromatic rings. The normalized spacial score (nSPS) is 17.5. The van der Waals surface area contributed by atoms with Crippen LogP contribution in [0.3, 0.4) is 0 Å². The van der Waals surface area contributed by atoms with Crippen molar-refractivity contribution in [2.45, 2.75) is 58.5 Å². The fourth-order valence-corrected chi connectivity index (χ4v) is 3.29. The Bertz CT molecular complexity index is 316. The van der Waals surface area contributed by atoms with E-state index in [-0.39, 0.29) is 0 Å². The lowest BCUT2D eigenvalue weighted by molar-refractivity contribution is 0.531. The van der Waals surface area contributed by atoms with E-state index in [1.165, 1.54) is 32.1 Å². The van der Waals surface area contributed by atoms with Gasteiger partial charge in [0.25, 0.3) is 0 Å². The number of thiophene rings is 1. The number of hydrogen-bond donors (Lipinski definition) is 1. The van der Waals surface area contributed by atoms with Gasteiger partial charge in [-0.3, -0.25) is 0 Å². The van der Waals surface area contributed by atoms with E-state index in [0.29, 0.717) is 6.04 Å². The molecule has 2 rings (SSSR count). The van der Waals surface area contributed by atoms with E-state index in [0.717, 1.165) is 6.54 Å². The molecule has 0 aliphatic heterocycles. The summed E-state index contributed by atoms with van der Waals surface area (Å²) in [7, 11) is 0. The maximum absolute atomic E-state index is 3.59. The first-order valence-electron chi connectivity index (χ1n) is 6.12. The van der Waals surface area contributed by atoms with Crippen molar-refractivity contribution in [2.75, 3.05) is 0 Å². The molecule has 0 bridgehead atoms. The van der Waals surface area contributed by atoms with Crippen LogP contribution in [-0.4, -0.2) is 6.04 Å². The van der Waals surface area contributed by atoms with Crippen molar-refractivity contribution >= 4 is 11.3 Å². The Morgan fingerprint density at radius 1 is 1.40 bits per heavy atom. The molecule has 84 valence electrons. The van der Waals surface area contributed by atoms with E-state index >= 15 is 0 Å². The second-order valence-corrected chi connectivity index (χ2v) is 5.52. The SMILES string of the molecule is CCC(C)NCc1csc2c1CCCC2. The highest BCUT2D eigenvalue weighted by molar-refractivity contribution is 7.10. The van der Waals surface area contributed by atoms with E-state index in [4.69, 9.17) is 0 Å².